The number of carbonyl (C=O) groups excluding carboxylic acids is 1. The Balaban J connectivity index is 1.59. The molecule has 8 heteroatoms. The van der Waals surface area contributed by atoms with Crippen LogP contribution in [0.3, 0.4) is 0 Å². The Hall–Kier alpha value is -2.79. The van der Waals surface area contributed by atoms with Gasteiger partial charge in [0.25, 0.3) is 5.91 Å². The summed E-state index contributed by atoms with van der Waals surface area (Å²) in [6.45, 7) is 3.00. The van der Waals surface area contributed by atoms with Crippen LogP contribution in [-0.4, -0.2) is 46.3 Å². The smallest absolute Gasteiger partial charge is 0.269 e. The summed E-state index contributed by atoms with van der Waals surface area (Å²) in [6.07, 6.45) is 2.43. The third-order valence-electron chi connectivity index (χ3n) is 4.32. The molecule has 0 bridgehead atoms. The van der Waals surface area contributed by atoms with Crippen LogP contribution < -0.4 is 5.32 Å². The second-order valence-electron chi connectivity index (χ2n) is 6.08. The lowest BCUT2D eigenvalue weighted by atomic mass is 10.2. The number of amides is 1. The molecule has 1 amide bonds. The maximum atomic E-state index is 13.8. The van der Waals surface area contributed by atoms with Gasteiger partial charge in [-0.2, -0.15) is 5.26 Å². The number of halogens is 1. The number of aromatic nitrogens is 2. The number of pyridine rings is 1. The highest BCUT2D eigenvalue weighted by Gasteiger charge is 2.32. The second-order valence-corrected chi connectivity index (χ2v) is 6.08. The molecular formula is C17H18FN5O2. The van der Waals surface area contributed by atoms with Crippen molar-refractivity contribution < 1.29 is 13.7 Å². The topological polar surface area (TPSA) is 95.0 Å². The van der Waals surface area contributed by atoms with Crippen LogP contribution in [0.25, 0.3) is 0 Å². The summed E-state index contributed by atoms with van der Waals surface area (Å²) < 4.78 is 18.9. The summed E-state index contributed by atoms with van der Waals surface area (Å²) in [6, 6.07) is 4.88. The van der Waals surface area contributed by atoms with Crippen molar-refractivity contribution in [3.8, 4) is 6.07 Å². The van der Waals surface area contributed by atoms with E-state index in [-0.39, 0.29) is 17.6 Å². The fourth-order valence-corrected chi connectivity index (χ4v) is 2.91. The molecule has 7 nitrogen and oxygen atoms in total. The molecule has 0 spiro atoms. The van der Waals surface area contributed by atoms with Gasteiger partial charge in [-0.3, -0.25) is 9.69 Å². The van der Waals surface area contributed by atoms with E-state index in [0.717, 1.165) is 5.56 Å². The highest BCUT2D eigenvalue weighted by atomic mass is 19.1. The molecule has 1 saturated heterocycles. The molecule has 0 aliphatic carbocycles. The van der Waals surface area contributed by atoms with E-state index in [0.29, 0.717) is 37.4 Å². The molecular weight excluding hydrogens is 325 g/mol. The molecule has 2 aromatic rings. The zero-order chi connectivity index (χ0) is 17.8. The normalized spacial score (nSPS) is 20.4. The van der Waals surface area contributed by atoms with Gasteiger partial charge in [0.05, 0.1) is 11.8 Å². The van der Waals surface area contributed by atoms with Gasteiger partial charge in [-0.25, -0.2) is 9.37 Å². The van der Waals surface area contributed by atoms with Crippen LogP contribution in [-0.2, 0) is 6.54 Å². The number of nitriles is 1. The van der Waals surface area contributed by atoms with Gasteiger partial charge in [0.1, 0.15) is 23.7 Å². The molecule has 25 heavy (non-hydrogen) atoms. The minimum absolute atomic E-state index is 0.105. The molecule has 2 atom stereocenters. The molecule has 0 radical (unpaired) electrons. The van der Waals surface area contributed by atoms with Crippen molar-refractivity contribution in [3.63, 3.8) is 0 Å². The van der Waals surface area contributed by atoms with Crippen LogP contribution >= 0.6 is 0 Å². The summed E-state index contributed by atoms with van der Waals surface area (Å²) in [5.41, 5.74) is 1.54. The van der Waals surface area contributed by atoms with Gasteiger partial charge in [-0.15, -0.1) is 0 Å². The molecule has 2 aromatic heterocycles. The Kier molecular flexibility index (Phi) is 5.05. The van der Waals surface area contributed by atoms with E-state index in [4.69, 9.17) is 9.78 Å². The van der Waals surface area contributed by atoms with Crippen molar-refractivity contribution >= 4 is 5.91 Å². The molecule has 1 aliphatic heterocycles. The fraction of sp³-hybridized carbons (Fsp3) is 0.412. The van der Waals surface area contributed by atoms with Crippen molar-refractivity contribution in [1.82, 2.24) is 20.4 Å². The number of likely N-dealkylation sites (tertiary alicyclic amines) is 1. The average molecular weight is 343 g/mol. The zero-order valence-electron chi connectivity index (χ0n) is 13.8. The molecule has 0 saturated carbocycles. The van der Waals surface area contributed by atoms with Crippen molar-refractivity contribution in [2.75, 3.05) is 13.1 Å². The monoisotopic (exact) mass is 343 g/mol. The first kappa shape index (κ1) is 17.0. The first-order valence-corrected chi connectivity index (χ1v) is 7.99. The van der Waals surface area contributed by atoms with E-state index in [1.807, 2.05) is 17.9 Å². The van der Waals surface area contributed by atoms with Crippen LogP contribution in [0.15, 0.2) is 29.0 Å². The lowest BCUT2D eigenvalue weighted by molar-refractivity contribution is 0.0934. The van der Waals surface area contributed by atoms with Crippen LogP contribution in [0.2, 0.25) is 0 Å². The molecule has 1 N–H and O–H groups in total. The minimum atomic E-state index is -0.921. The van der Waals surface area contributed by atoms with E-state index in [9.17, 15) is 9.18 Å². The number of alkyl halides is 1. The highest BCUT2D eigenvalue weighted by Crippen LogP contribution is 2.23. The number of nitrogens with zero attached hydrogens (tertiary/aromatic N) is 4. The van der Waals surface area contributed by atoms with Crippen molar-refractivity contribution in [3.05, 3.63) is 47.1 Å². The van der Waals surface area contributed by atoms with Crippen molar-refractivity contribution in [1.29, 1.82) is 5.26 Å². The number of hydrogen-bond acceptors (Lipinski definition) is 6. The Labute approximate surface area is 144 Å². The predicted molar refractivity (Wildman–Crippen MR) is 86.2 cm³/mol. The van der Waals surface area contributed by atoms with Gasteiger partial charge < -0.3 is 9.84 Å². The van der Waals surface area contributed by atoms with Gasteiger partial charge in [0.15, 0.2) is 0 Å². The Bertz CT molecular complexity index is 783. The van der Waals surface area contributed by atoms with E-state index in [2.05, 4.69) is 15.5 Å². The third kappa shape index (κ3) is 4.00. The quantitative estimate of drug-likeness (QED) is 0.886. The SMILES string of the molecule is Cc1oncc1CN1C[C@@H](F)C[C@H]1CNC(=O)c1ccc(C#N)cn1. The molecule has 130 valence electrons. The van der Waals surface area contributed by atoms with Crippen LogP contribution in [0.1, 0.15) is 33.8 Å². The molecule has 3 rings (SSSR count). The summed E-state index contributed by atoms with van der Waals surface area (Å²) in [5, 5.41) is 15.3. The molecule has 0 aromatic carbocycles. The van der Waals surface area contributed by atoms with E-state index < -0.39 is 6.17 Å². The van der Waals surface area contributed by atoms with E-state index in [1.165, 1.54) is 18.3 Å². The summed E-state index contributed by atoms with van der Waals surface area (Å²) >= 11 is 0. The van der Waals surface area contributed by atoms with Crippen LogP contribution in [0.5, 0.6) is 0 Å². The lowest BCUT2D eigenvalue weighted by Gasteiger charge is -2.23. The van der Waals surface area contributed by atoms with Gasteiger partial charge in [-0.05, 0) is 25.5 Å². The fourth-order valence-electron chi connectivity index (χ4n) is 2.91. The number of aryl methyl sites for hydroxylation is 1. The van der Waals surface area contributed by atoms with Gasteiger partial charge in [0.2, 0.25) is 0 Å². The maximum Gasteiger partial charge on any atom is 0.269 e. The van der Waals surface area contributed by atoms with E-state index >= 15 is 0 Å². The van der Waals surface area contributed by atoms with E-state index in [1.54, 1.807) is 6.20 Å². The zero-order valence-corrected chi connectivity index (χ0v) is 13.8. The Morgan fingerprint density at radius 1 is 1.52 bits per heavy atom. The molecule has 3 heterocycles. The van der Waals surface area contributed by atoms with Gasteiger partial charge in [-0.1, -0.05) is 5.16 Å². The van der Waals surface area contributed by atoms with Gasteiger partial charge >= 0.3 is 0 Å². The summed E-state index contributed by atoms with van der Waals surface area (Å²) in [7, 11) is 0. The summed E-state index contributed by atoms with van der Waals surface area (Å²) in [4.78, 5) is 18.1. The van der Waals surface area contributed by atoms with Crippen molar-refractivity contribution in [2.45, 2.75) is 32.1 Å². The number of carbonyl (C=O) groups is 1. The predicted octanol–water partition coefficient (Wildman–Crippen LogP) is 1.59. The molecule has 1 fully saturated rings. The lowest BCUT2D eigenvalue weighted by Crippen LogP contribution is -2.40. The average Bonchev–Trinajstić information content (AvgIpc) is 3.18. The third-order valence-corrected chi connectivity index (χ3v) is 4.32. The second kappa shape index (κ2) is 7.40. The maximum absolute atomic E-state index is 13.8. The Morgan fingerprint density at radius 3 is 3.00 bits per heavy atom. The van der Waals surface area contributed by atoms with Gasteiger partial charge in [0, 0.05) is 37.4 Å². The molecule has 1 aliphatic rings. The van der Waals surface area contributed by atoms with Crippen LogP contribution in [0.4, 0.5) is 4.39 Å². The Morgan fingerprint density at radius 2 is 2.36 bits per heavy atom. The highest BCUT2D eigenvalue weighted by molar-refractivity contribution is 5.92. The minimum Gasteiger partial charge on any atom is -0.361 e. The standard InChI is InChI=1S/C17H18FN5O2/c1-11-13(7-22-25-11)9-23-10-14(18)4-15(23)8-21-17(24)16-3-2-12(5-19)6-20-16/h2-3,6-7,14-15H,4,8-10H2,1H3,(H,21,24)/t14-,15-/m0/s1. The number of hydrogen-bond donors (Lipinski definition) is 1. The van der Waals surface area contributed by atoms with Crippen molar-refractivity contribution in [2.24, 2.45) is 0 Å². The van der Waals surface area contributed by atoms with Crippen LogP contribution in [0, 0.1) is 18.3 Å². The molecule has 0 unspecified atom stereocenters. The number of rotatable bonds is 5. The number of nitrogens with one attached hydrogen (secondary N) is 1. The largest absolute Gasteiger partial charge is 0.361 e. The summed E-state index contributed by atoms with van der Waals surface area (Å²) in [5.74, 6) is 0.375. The first-order valence-electron chi connectivity index (χ1n) is 7.99. The first-order chi connectivity index (χ1) is 12.1.